The summed E-state index contributed by atoms with van der Waals surface area (Å²) in [7, 11) is 0. The Balaban J connectivity index is 2.22. The number of hydrogen-bond acceptors (Lipinski definition) is 3. The van der Waals surface area contributed by atoms with Crippen molar-refractivity contribution < 1.29 is 4.74 Å². The summed E-state index contributed by atoms with van der Waals surface area (Å²) in [5, 5.41) is 10.7. The van der Waals surface area contributed by atoms with Crippen molar-refractivity contribution in [1.29, 1.82) is 0 Å². The van der Waals surface area contributed by atoms with Crippen LogP contribution in [0.5, 0.6) is 0 Å². The molecule has 0 radical (unpaired) electrons. The van der Waals surface area contributed by atoms with Crippen molar-refractivity contribution in [3.05, 3.63) is 11.3 Å². The minimum Gasteiger partial charge on any atom is -0.376 e. The van der Waals surface area contributed by atoms with Crippen molar-refractivity contribution in [2.24, 2.45) is 0 Å². The molecule has 1 aliphatic rings. The van der Waals surface area contributed by atoms with Crippen LogP contribution in [0.4, 0.5) is 5.82 Å². The van der Waals surface area contributed by atoms with Gasteiger partial charge in [-0.3, -0.25) is 5.10 Å². The Bertz CT molecular complexity index is 325. The second kappa shape index (κ2) is 3.28. The third-order valence-corrected chi connectivity index (χ3v) is 2.19. The van der Waals surface area contributed by atoms with Crippen LogP contribution in [0.25, 0.3) is 0 Å². The minimum absolute atomic E-state index is 0.0421. The molecule has 4 nitrogen and oxygen atoms in total. The number of anilines is 1. The van der Waals surface area contributed by atoms with Crippen LogP contribution in [-0.4, -0.2) is 22.3 Å². The van der Waals surface area contributed by atoms with Gasteiger partial charge in [-0.05, 0) is 20.8 Å². The van der Waals surface area contributed by atoms with Gasteiger partial charge in [0, 0.05) is 23.2 Å². The third kappa shape index (κ3) is 1.90. The summed E-state index contributed by atoms with van der Waals surface area (Å²) in [4.78, 5) is 0. The van der Waals surface area contributed by atoms with Crippen molar-refractivity contribution in [3.63, 3.8) is 0 Å². The molecule has 4 heteroatoms. The Morgan fingerprint density at radius 3 is 2.93 bits per heavy atom. The van der Waals surface area contributed by atoms with E-state index in [9.17, 15) is 0 Å². The van der Waals surface area contributed by atoms with E-state index in [-0.39, 0.29) is 5.54 Å². The predicted octanol–water partition coefficient (Wildman–Crippen LogP) is 1.69. The van der Waals surface area contributed by atoms with Gasteiger partial charge in [0.1, 0.15) is 0 Å². The summed E-state index contributed by atoms with van der Waals surface area (Å²) in [5.41, 5.74) is 2.44. The van der Waals surface area contributed by atoms with Gasteiger partial charge in [0.2, 0.25) is 0 Å². The van der Waals surface area contributed by atoms with Crippen LogP contribution in [0.1, 0.15) is 32.0 Å². The Labute approximate surface area is 84.0 Å². The van der Waals surface area contributed by atoms with Crippen LogP contribution in [0.3, 0.4) is 0 Å². The molecule has 0 saturated heterocycles. The first-order valence-corrected chi connectivity index (χ1v) is 4.98. The molecule has 0 atom stereocenters. The van der Waals surface area contributed by atoms with E-state index in [2.05, 4.69) is 36.3 Å². The van der Waals surface area contributed by atoms with Gasteiger partial charge in [0.15, 0.2) is 5.82 Å². The number of nitrogens with zero attached hydrogens (tertiary/aromatic N) is 1. The fraction of sp³-hybridized carbons (Fsp3) is 0.700. The highest BCUT2D eigenvalue weighted by molar-refractivity contribution is 5.48. The summed E-state index contributed by atoms with van der Waals surface area (Å²) >= 11 is 0. The zero-order chi connectivity index (χ0) is 10.2. The quantitative estimate of drug-likeness (QED) is 0.717. The van der Waals surface area contributed by atoms with Crippen molar-refractivity contribution in [3.8, 4) is 0 Å². The zero-order valence-corrected chi connectivity index (χ0v) is 8.98. The van der Waals surface area contributed by atoms with Crippen LogP contribution in [0.2, 0.25) is 0 Å². The van der Waals surface area contributed by atoms with Crippen molar-refractivity contribution in [1.82, 2.24) is 10.2 Å². The first-order chi connectivity index (χ1) is 6.56. The van der Waals surface area contributed by atoms with Crippen LogP contribution >= 0.6 is 0 Å². The Morgan fingerprint density at radius 2 is 2.21 bits per heavy atom. The molecule has 0 bridgehead atoms. The zero-order valence-electron chi connectivity index (χ0n) is 8.98. The first kappa shape index (κ1) is 9.52. The number of nitrogens with one attached hydrogen (secondary N) is 2. The number of aromatic nitrogens is 2. The Morgan fingerprint density at radius 1 is 1.43 bits per heavy atom. The van der Waals surface area contributed by atoms with Gasteiger partial charge in [-0.1, -0.05) is 0 Å². The molecule has 78 valence electrons. The molecule has 1 aromatic rings. The molecule has 1 aliphatic heterocycles. The summed E-state index contributed by atoms with van der Waals surface area (Å²) in [5.74, 6) is 0.937. The van der Waals surface area contributed by atoms with E-state index in [4.69, 9.17) is 4.74 Å². The van der Waals surface area contributed by atoms with Gasteiger partial charge < -0.3 is 10.1 Å². The summed E-state index contributed by atoms with van der Waals surface area (Å²) in [6, 6.07) is 0. The molecule has 0 saturated carbocycles. The molecule has 0 spiro atoms. The lowest BCUT2D eigenvalue weighted by molar-refractivity contribution is 0.110. The molecule has 14 heavy (non-hydrogen) atoms. The largest absolute Gasteiger partial charge is 0.376 e. The maximum atomic E-state index is 5.41. The van der Waals surface area contributed by atoms with Gasteiger partial charge in [-0.2, -0.15) is 5.10 Å². The summed E-state index contributed by atoms with van der Waals surface area (Å²) < 4.78 is 5.41. The highest BCUT2D eigenvalue weighted by atomic mass is 16.5. The highest BCUT2D eigenvalue weighted by Crippen LogP contribution is 2.24. The molecule has 1 aromatic heterocycles. The molecule has 0 aromatic carbocycles. The van der Waals surface area contributed by atoms with E-state index in [1.165, 1.54) is 11.3 Å². The highest BCUT2D eigenvalue weighted by Gasteiger charge is 2.20. The topological polar surface area (TPSA) is 49.9 Å². The maximum Gasteiger partial charge on any atom is 0.154 e. The normalized spacial score (nSPS) is 16.5. The van der Waals surface area contributed by atoms with Crippen molar-refractivity contribution in [2.75, 3.05) is 11.9 Å². The molecule has 0 amide bonds. The molecular formula is C10H17N3O. The molecule has 2 heterocycles. The van der Waals surface area contributed by atoms with E-state index >= 15 is 0 Å². The summed E-state index contributed by atoms with van der Waals surface area (Å²) in [6.07, 6.45) is 0.939. The number of hydrogen-bond donors (Lipinski definition) is 2. The van der Waals surface area contributed by atoms with Crippen LogP contribution in [0.15, 0.2) is 0 Å². The fourth-order valence-electron chi connectivity index (χ4n) is 1.57. The smallest absolute Gasteiger partial charge is 0.154 e. The van der Waals surface area contributed by atoms with E-state index < -0.39 is 0 Å². The van der Waals surface area contributed by atoms with E-state index in [0.717, 1.165) is 18.8 Å². The van der Waals surface area contributed by atoms with Crippen molar-refractivity contribution in [2.45, 2.75) is 39.3 Å². The van der Waals surface area contributed by atoms with Crippen molar-refractivity contribution >= 4 is 5.82 Å². The average molecular weight is 195 g/mol. The van der Waals surface area contributed by atoms with E-state index in [1.54, 1.807) is 0 Å². The lowest BCUT2D eigenvalue weighted by Gasteiger charge is -2.22. The number of fused-ring (bicyclic) bond motifs is 1. The molecule has 2 rings (SSSR count). The number of aromatic amines is 1. The van der Waals surface area contributed by atoms with E-state index in [1.807, 2.05) is 0 Å². The number of rotatable bonds is 1. The summed E-state index contributed by atoms with van der Waals surface area (Å²) in [6.45, 7) is 7.83. The average Bonchev–Trinajstić information content (AvgIpc) is 2.47. The van der Waals surface area contributed by atoms with Gasteiger partial charge in [-0.15, -0.1) is 0 Å². The third-order valence-electron chi connectivity index (χ3n) is 2.19. The molecule has 0 fully saturated rings. The second-order valence-electron chi connectivity index (χ2n) is 4.71. The van der Waals surface area contributed by atoms with Gasteiger partial charge >= 0.3 is 0 Å². The van der Waals surface area contributed by atoms with Gasteiger partial charge in [0.25, 0.3) is 0 Å². The second-order valence-corrected chi connectivity index (χ2v) is 4.71. The first-order valence-electron chi connectivity index (χ1n) is 4.98. The lowest BCUT2D eigenvalue weighted by Crippen LogP contribution is -2.27. The molecule has 0 aliphatic carbocycles. The SMILES string of the molecule is CC(C)(C)Nc1n[nH]c2c1COCC2. The lowest BCUT2D eigenvalue weighted by atomic mass is 10.1. The van der Waals surface area contributed by atoms with Gasteiger partial charge in [0.05, 0.1) is 13.2 Å². The van der Waals surface area contributed by atoms with Crippen LogP contribution in [0, 0.1) is 0 Å². The molecule has 0 unspecified atom stereocenters. The van der Waals surface area contributed by atoms with Crippen LogP contribution < -0.4 is 5.32 Å². The predicted molar refractivity (Wildman–Crippen MR) is 55.3 cm³/mol. The molecular weight excluding hydrogens is 178 g/mol. The Hall–Kier alpha value is -1.03. The number of H-pyrrole nitrogens is 1. The Kier molecular flexibility index (Phi) is 2.23. The number of ether oxygens (including phenoxy) is 1. The standard InChI is InChI=1S/C10H17N3O/c1-10(2,3)11-9-7-6-14-5-4-8(7)12-13-9/h4-6H2,1-3H3,(H2,11,12,13). The monoisotopic (exact) mass is 195 g/mol. The minimum atomic E-state index is 0.0421. The van der Waals surface area contributed by atoms with Gasteiger partial charge in [-0.25, -0.2) is 0 Å². The van der Waals surface area contributed by atoms with Crippen LogP contribution in [-0.2, 0) is 17.8 Å². The molecule has 2 N–H and O–H groups in total. The van der Waals surface area contributed by atoms with E-state index in [0.29, 0.717) is 6.61 Å². The fourth-order valence-corrected chi connectivity index (χ4v) is 1.57. The maximum absolute atomic E-state index is 5.41.